The molecule has 10 nitrogen and oxygen atoms in total. The van der Waals surface area contributed by atoms with Gasteiger partial charge in [0.05, 0.1) is 18.7 Å². The Labute approximate surface area is 206 Å². The molecule has 1 fully saturated rings. The smallest absolute Gasteiger partial charge is 0.307 e. The Morgan fingerprint density at radius 1 is 1.23 bits per heavy atom. The summed E-state index contributed by atoms with van der Waals surface area (Å²) in [5.41, 5.74) is 1.72. The van der Waals surface area contributed by atoms with E-state index in [1.165, 1.54) is 0 Å². The average Bonchev–Trinajstić information content (AvgIpc) is 3.28. The Kier molecular flexibility index (Phi) is 9.62. The van der Waals surface area contributed by atoms with Crippen molar-refractivity contribution in [1.82, 2.24) is 25.2 Å². The van der Waals surface area contributed by atoms with Crippen molar-refractivity contribution in [2.75, 3.05) is 40.5 Å². The van der Waals surface area contributed by atoms with E-state index in [2.05, 4.69) is 15.6 Å². The summed E-state index contributed by atoms with van der Waals surface area (Å²) in [7, 11) is 3.27. The van der Waals surface area contributed by atoms with Gasteiger partial charge in [-0.05, 0) is 43.7 Å². The number of methoxy groups -OCH3 is 2. The van der Waals surface area contributed by atoms with E-state index in [1.807, 2.05) is 38.1 Å². The van der Waals surface area contributed by atoms with Crippen LogP contribution < -0.4 is 10.1 Å². The van der Waals surface area contributed by atoms with Gasteiger partial charge in [-0.3, -0.25) is 9.59 Å². The topological polar surface area (TPSA) is 119 Å². The number of nitrogens with zero attached hydrogens (tertiary/aromatic N) is 4. The van der Waals surface area contributed by atoms with E-state index >= 15 is 0 Å². The van der Waals surface area contributed by atoms with Crippen LogP contribution in [-0.2, 0) is 16.0 Å². The Bertz CT molecular complexity index is 992. The number of unbranched alkanes of at least 4 members (excludes halogenated alkanes) is 1. The lowest BCUT2D eigenvalue weighted by Gasteiger charge is -2.37. The first-order valence-electron chi connectivity index (χ1n) is 12.2. The molecule has 35 heavy (non-hydrogen) atoms. The van der Waals surface area contributed by atoms with Gasteiger partial charge in [-0.15, -0.1) is 5.10 Å². The second-order valence-corrected chi connectivity index (χ2v) is 9.35. The molecule has 3 rings (SSSR count). The van der Waals surface area contributed by atoms with Gasteiger partial charge < -0.3 is 24.8 Å². The van der Waals surface area contributed by atoms with E-state index in [1.54, 1.807) is 23.8 Å². The molecule has 0 spiro atoms. The minimum atomic E-state index is -0.847. The van der Waals surface area contributed by atoms with Crippen LogP contribution in [0.1, 0.15) is 49.3 Å². The maximum Gasteiger partial charge on any atom is 0.307 e. The second-order valence-electron chi connectivity index (χ2n) is 9.35. The number of aromatic nitrogens is 3. The normalized spacial score (nSPS) is 18.0. The van der Waals surface area contributed by atoms with E-state index in [0.29, 0.717) is 61.9 Å². The quantitative estimate of drug-likeness (QED) is 0.438. The van der Waals surface area contributed by atoms with Crippen molar-refractivity contribution in [2.45, 2.75) is 45.6 Å². The van der Waals surface area contributed by atoms with Gasteiger partial charge in [0.1, 0.15) is 11.4 Å². The number of aliphatic carboxylic acids is 1. The van der Waals surface area contributed by atoms with Crippen LogP contribution in [0.4, 0.5) is 0 Å². The summed E-state index contributed by atoms with van der Waals surface area (Å²) in [6.07, 6.45) is 2.63. The number of rotatable bonds is 12. The molecule has 1 aromatic carbocycles. The number of ether oxygens (including phenoxy) is 2. The zero-order chi connectivity index (χ0) is 25.4. The molecule has 2 N–H and O–H groups in total. The van der Waals surface area contributed by atoms with E-state index in [4.69, 9.17) is 9.47 Å². The number of hydrogen-bond donors (Lipinski definition) is 2. The number of carboxylic acids is 1. The summed E-state index contributed by atoms with van der Waals surface area (Å²) < 4.78 is 12.4. The van der Waals surface area contributed by atoms with Gasteiger partial charge in [0.25, 0.3) is 5.91 Å². The first kappa shape index (κ1) is 26.6. The van der Waals surface area contributed by atoms with E-state index in [-0.39, 0.29) is 17.9 Å². The SMILES string of the molecule is COCCCCc1c(C(=O)N(CC(C)C)[C@@H]2CNC[C@H](C(=O)O)C2)nnn1-c1ccccc1OC. The van der Waals surface area contributed by atoms with Crippen molar-refractivity contribution in [1.29, 1.82) is 0 Å². The standard InChI is InChI=1S/C25H37N5O5/c1-17(2)16-29(19-13-18(25(32)33)14-26-15-19)24(31)23-21(10-7-8-12-34-3)30(28-27-23)20-9-5-6-11-22(20)35-4/h5-6,9,11,17-19,26H,7-8,10,12-16H2,1-4H3,(H,32,33)/t18-,19+/m1/s1. The Hall–Kier alpha value is -2.98. The summed E-state index contributed by atoms with van der Waals surface area (Å²) in [6, 6.07) is 7.26. The fraction of sp³-hybridized carbons (Fsp3) is 0.600. The summed E-state index contributed by atoms with van der Waals surface area (Å²) in [5, 5.41) is 21.4. The average molecular weight is 488 g/mol. The van der Waals surface area contributed by atoms with Crippen LogP contribution in [-0.4, -0.2) is 83.4 Å². The van der Waals surface area contributed by atoms with Crippen molar-refractivity contribution >= 4 is 11.9 Å². The molecular formula is C25H37N5O5. The molecule has 1 amide bonds. The summed E-state index contributed by atoms with van der Waals surface area (Å²) >= 11 is 0. The lowest BCUT2D eigenvalue weighted by molar-refractivity contribution is -0.142. The Balaban J connectivity index is 1.98. The van der Waals surface area contributed by atoms with E-state index < -0.39 is 11.9 Å². The van der Waals surface area contributed by atoms with Crippen molar-refractivity contribution in [3.8, 4) is 11.4 Å². The number of nitrogens with one attached hydrogen (secondary N) is 1. The second kappa shape index (κ2) is 12.6. The Morgan fingerprint density at radius 2 is 2.00 bits per heavy atom. The van der Waals surface area contributed by atoms with Crippen LogP contribution in [0.2, 0.25) is 0 Å². The number of benzene rings is 1. The third kappa shape index (κ3) is 6.58. The molecule has 0 radical (unpaired) electrons. The maximum absolute atomic E-state index is 13.9. The van der Waals surface area contributed by atoms with Crippen LogP contribution in [0.5, 0.6) is 5.75 Å². The molecule has 2 heterocycles. The largest absolute Gasteiger partial charge is 0.494 e. The zero-order valence-electron chi connectivity index (χ0n) is 21.1. The highest BCUT2D eigenvalue weighted by molar-refractivity contribution is 5.94. The number of piperidine rings is 1. The van der Waals surface area contributed by atoms with Gasteiger partial charge >= 0.3 is 5.97 Å². The van der Waals surface area contributed by atoms with Gasteiger partial charge in [0.15, 0.2) is 5.69 Å². The highest BCUT2D eigenvalue weighted by Gasteiger charge is 2.35. The number of carboxylic acid groups (broad SMARTS) is 1. The number of amides is 1. The monoisotopic (exact) mass is 487 g/mol. The molecule has 2 atom stereocenters. The lowest BCUT2D eigenvalue weighted by atomic mass is 9.94. The minimum Gasteiger partial charge on any atom is -0.494 e. The van der Waals surface area contributed by atoms with E-state index in [9.17, 15) is 14.7 Å². The zero-order valence-corrected chi connectivity index (χ0v) is 21.1. The molecular weight excluding hydrogens is 450 g/mol. The summed E-state index contributed by atoms with van der Waals surface area (Å²) in [4.78, 5) is 27.4. The number of carbonyl (C=O) groups is 2. The van der Waals surface area contributed by atoms with Gasteiger partial charge in [-0.1, -0.05) is 31.2 Å². The van der Waals surface area contributed by atoms with Crippen LogP contribution in [0, 0.1) is 11.8 Å². The first-order valence-corrected chi connectivity index (χ1v) is 12.2. The molecule has 10 heteroatoms. The molecule has 0 unspecified atom stereocenters. The van der Waals surface area contributed by atoms with Gasteiger partial charge in [0, 0.05) is 39.4 Å². The van der Waals surface area contributed by atoms with E-state index in [0.717, 1.165) is 12.8 Å². The lowest BCUT2D eigenvalue weighted by Crippen LogP contribution is -2.53. The molecule has 0 bridgehead atoms. The molecule has 0 saturated carbocycles. The third-order valence-corrected chi connectivity index (χ3v) is 6.23. The maximum atomic E-state index is 13.9. The fourth-order valence-corrected chi connectivity index (χ4v) is 4.50. The van der Waals surface area contributed by atoms with Crippen LogP contribution in [0.15, 0.2) is 24.3 Å². The van der Waals surface area contributed by atoms with Crippen LogP contribution in [0.25, 0.3) is 5.69 Å². The van der Waals surface area contributed by atoms with Crippen molar-refractivity contribution in [2.24, 2.45) is 11.8 Å². The highest BCUT2D eigenvalue weighted by atomic mass is 16.5. The number of carbonyl (C=O) groups excluding carboxylic acids is 1. The van der Waals surface area contributed by atoms with Gasteiger partial charge in [0.2, 0.25) is 0 Å². The molecule has 2 aromatic rings. The fourth-order valence-electron chi connectivity index (χ4n) is 4.50. The predicted octanol–water partition coefficient (Wildman–Crippen LogP) is 2.41. The van der Waals surface area contributed by atoms with Crippen molar-refractivity contribution < 1.29 is 24.2 Å². The minimum absolute atomic E-state index is 0.207. The molecule has 192 valence electrons. The molecule has 1 aromatic heterocycles. The summed E-state index contributed by atoms with van der Waals surface area (Å²) in [6.45, 7) is 6.17. The number of hydrogen-bond acceptors (Lipinski definition) is 7. The van der Waals surface area contributed by atoms with Crippen LogP contribution in [0.3, 0.4) is 0 Å². The van der Waals surface area contributed by atoms with Crippen molar-refractivity contribution in [3.63, 3.8) is 0 Å². The first-order chi connectivity index (χ1) is 16.9. The summed E-state index contributed by atoms with van der Waals surface area (Å²) in [5.74, 6) is -0.763. The Morgan fingerprint density at radius 3 is 2.69 bits per heavy atom. The number of para-hydroxylation sites is 2. The predicted molar refractivity (Wildman–Crippen MR) is 131 cm³/mol. The molecule has 0 aliphatic carbocycles. The van der Waals surface area contributed by atoms with Gasteiger partial charge in [-0.2, -0.15) is 0 Å². The van der Waals surface area contributed by atoms with Crippen molar-refractivity contribution in [3.05, 3.63) is 35.7 Å². The molecule has 1 aliphatic heterocycles. The van der Waals surface area contributed by atoms with Gasteiger partial charge in [-0.25, -0.2) is 4.68 Å². The third-order valence-electron chi connectivity index (χ3n) is 6.23. The molecule has 1 aliphatic rings. The molecule has 1 saturated heterocycles. The van der Waals surface area contributed by atoms with Crippen LogP contribution >= 0.6 is 0 Å². The highest BCUT2D eigenvalue weighted by Crippen LogP contribution is 2.26.